The van der Waals surface area contributed by atoms with Crippen LogP contribution in [-0.2, 0) is 18.3 Å². The first-order chi connectivity index (χ1) is 12.7. The molecule has 0 bridgehead atoms. The monoisotopic (exact) mass is 350 g/mol. The number of hydrogen-bond donors (Lipinski definition) is 0. The molecule has 0 N–H and O–H groups in total. The van der Waals surface area contributed by atoms with Gasteiger partial charge in [0.05, 0.1) is 30.5 Å². The molecule has 0 unspecified atom stereocenters. The highest BCUT2D eigenvalue weighted by Gasteiger charge is 2.35. The number of nitrogens with zero attached hydrogens (tertiary/aromatic N) is 4. The summed E-state index contributed by atoms with van der Waals surface area (Å²) in [4.78, 5) is 4.79. The number of hydrogen-bond acceptors (Lipinski definition) is 3. The predicted molar refractivity (Wildman–Crippen MR) is 103 cm³/mol. The lowest BCUT2D eigenvalue weighted by Crippen LogP contribution is -2.28. The molecule has 136 valence electrons. The molecule has 1 fully saturated rings. The first-order valence-corrected chi connectivity index (χ1v) is 9.29. The van der Waals surface area contributed by atoms with E-state index in [1.165, 1.54) is 25.7 Å². The van der Waals surface area contributed by atoms with Crippen LogP contribution in [0.4, 0.5) is 0 Å². The Morgan fingerprint density at radius 2 is 1.88 bits per heavy atom. The fraction of sp³-hybridized carbons (Fsp3) is 0.429. The minimum Gasteiger partial charge on any atom is -0.384 e. The van der Waals surface area contributed by atoms with E-state index in [1.54, 1.807) is 0 Å². The summed E-state index contributed by atoms with van der Waals surface area (Å²) in [6, 6.07) is 10.4. The van der Waals surface area contributed by atoms with Crippen molar-refractivity contribution in [3.05, 3.63) is 49.1 Å². The summed E-state index contributed by atoms with van der Waals surface area (Å²) in [5, 5.41) is 4.38. The Hall–Kier alpha value is -2.40. The first-order valence-electron chi connectivity index (χ1n) is 9.29. The minimum atomic E-state index is 0.209. The van der Waals surface area contributed by atoms with E-state index in [0.29, 0.717) is 0 Å². The molecule has 5 heteroatoms. The molecule has 0 atom stereocenters. The van der Waals surface area contributed by atoms with Gasteiger partial charge >= 0.3 is 0 Å². The van der Waals surface area contributed by atoms with Crippen LogP contribution in [-0.4, -0.2) is 33.0 Å². The highest BCUT2D eigenvalue weighted by atomic mass is 16.5. The van der Waals surface area contributed by atoms with Gasteiger partial charge in [-0.1, -0.05) is 43.2 Å². The van der Waals surface area contributed by atoms with Gasteiger partial charge < -0.3 is 9.30 Å². The van der Waals surface area contributed by atoms with Crippen molar-refractivity contribution in [2.24, 2.45) is 12.5 Å². The maximum Gasteiger partial charge on any atom is 0.0964 e. The van der Waals surface area contributed by atoms with Gasteiger partial charge in [-0.15, -0.1) is 0 Å². The van der Waals surface area contributed by atoms with Crippen molar-refractivity contribution in [3.63, 3.8) is 0 Å². The van der Waals surface area contributed by atoms with Gasteiger partial charge in [0.1, 0.15) is 0 Å². The van der Waals surface area contributed by atoms with Crippen LogP contribution < -0.4 is 0 Å². The lowest BCUT2D eigenvalue weighted by molar-refractivity contribution is 0.0701. The Bertz CT molecular complexity index is 859. The SMILES string of the molecule is COCC1(Cn2cnc(-c3ccccc3)c2-c2cnn(C)c2)CCCC1. The lowest BCUT2D eigenvalue weighted by atomic mass is 9.87. The van der Waals surface area contributed by atoms with Gasteiger partial charge in [0, 0.05) is 43.4 Å². The van der Waals surface area contributed by atoms with E-state index in [9.17, 15) is 0 Å². The predicted octanol–water partition coefficient (Wildman–Crippen LogP) is 4.16. The van der Waals surface area contributed by atoms with Crippen molar-refractivity contribution in [1.29, 1.82) is 0 Å². The lowest BCUT2D eigenvalue weighted by Gasteiger charge is -2.29. The fourth-order valence-electron chi connectivity index (χ4n) is 4.30. The molecule has 0 spiro atoms. The Balaban J connectivity index is 1.79. The van der Waals surface area contributed by atoms with E-state index in [0.717, 1.165) is 35.7 Å². The molecule has 2 heterocycles. The summed E-state index contributed by atoms with van der Waals surface area (Å²) >= 11 is 0. The van der Waals surface area contributed by atoms with Crippen LogP contribution in [0.1, 0.15) is 25.7 Å². The number of methoxy groups -OCH3 is 1. The molecule has 0 amide bonds. The Labute approximate surface area is 154 Å². The van der Waals surface area contributed by atoms with Crippen molar-refractivity contribution in [3.8, 4) is 22.5 Å². The Morgan fingerprint density at radius 3 is 2.54 bits per heavy atom. The molecule has 2 aromatic heterocycles. The van der Waals surface area contributed by atoms with Crippen molar-refractivity contribution in [2.45, 2.75) is 32.2 Å². The normalized spacial score (nSPS) is 16.2. The second kappa shape index (κ2) is 7.08. The molecule has 1 aliphatic carbocycles. The molecule has 4 rings (SSSR count). The summed E-state index contributed by atoms with van der Waals surface area (Å²) in [6.07, 6.45) is 11.0. The van der Waals surface area contributed by atoms with Crippen molar-refractivity contribution in [2.75, 3.05) is 13.7 Å². The fourth-order valence-corrected chi connectivity index (χ4v) is 4.30. The Morgan fingerprint density at radius 1 is 1.12 bits per heavy atom. The van der Waals surface area contributed by atoms with Crippen molar-refractivity contribution >= 4 is 0 Å². The Kier molecular flexibility index (Phi) is 4.64. The zero-order valence-electron chi connectivity index (χ0n) is 15.6. The zero-order valence-corrected chi connectivity index (χ0v) is 15.6. The van der Waals surface area contributed by atoms with E-state index in [2.05, 4.69) is 40.1 Å². The van der Waals surface area contributed by atoms with Gasteiger partial charge in [0.15, 0.2) is 0 Å². The number of benzene rings is 1. The molecule has 0 aliphatic heterocycles. The van der Waals surface area contributed by atoms with Crippen molar-refractivity contribution in [1.82, 2.24) is 19.3 Å². The third-order valence-corrected chi connectivity index (χ3v) is 5.48. The summed E-state index contributed by atoms with van der Waals surface area (Å²) in [6.45, 7) is 1.74. The molecular formula is C21H26N4O. The number of ether oxygens (including phenoxy) is 1. The smallest absolute Gasteiger partial charge is 0.0964 e. The average molecular weight is 350 g/mol. The molecular weight excluding hydrogens is 324 g/mol. The molecule has 1 aromatic carbocycles. The topological polar surface area (TPSA) is 44.9 Å². The average Bonchev–Trinajstić information content (AvgIpc) is 3.37. The van der Waals surface area contributed by atoms with Crippen LogP contribution >= 0.6 is 0 Å². The van der Waals surface area contributed by atoms with Crippen LogP contribution in [0.3, 0.4) is 0 Å². The van der Waals surface area contributed by atoms with E-state index < -0.39 is 0 Å². The van der Waals surface area contributed by atoms with Crippen LogP contribution in [0, 0.1) is 5.41 Å². The molecule has 0 radical (unpaired) electrons. The quantitative estimate of drug-likeness (QED) is 0.671. The van der Waals surface area contributed by atoms with Crippen LogP contribution in [0.15, 0.2) is 49.1 Å². The zero-order chi connectivity index (χ0) is 18.0. The third kappa shape index (κ3) is 3.19. The number of aryl methyl sites for hydroxylation is 1. The van der Waals surface area contributed by atoms with E-state index in [4.69, 9.17) is 9.72 Å². The maximum atomic E-state index is 5.59. The minimum absolute atomic E-state index is 0.209. The second-order valence-electron chi connectivity index (χ2n) is 7.48. The highest BCUT2D eigenvalue weighted by Crippen LogP contribution is 2.41. The first kappa shape index (κ1) is 17.0. The standard InChI is InChI=1S/C21H26N4O/c1-24-13-18(12-23-24)20-19(17-8-4-3-5-9-17)22-16-25(20)14-21(15-26-2)10-6-7-11-21/h3-5,8-9,12-13,16H,6-7,10-11,14-15H2,1-2H3. The van der Waals surface area contributed by atoms with Crippen LogP contribution in [0.2, 0.25) is 0 Å². The summed E-state index contributed by atoms with van der Waals surface area (Å²) in [7, 11) is 3.77. The van der Waals surface area contributed by atoms with E-state index in [-0.39, 0.29) is 5.41 Å². The molecule has 26 heavy (non-hydrogen) atoms. The van der Waals surface area contributed by atoms with Gasteiger partial charge in [-0.2, -0.15) is 5.10 Å². The third-order valence-electron chi connectivity index (χ3n) is 5.48. The molecule has 1 aliphatic rings. The van der Waals surface area contributed by atoms with Crippen molar-refractivity contribution < 1.29 is 4.74 Å². The van der Waals surface area contributed by atoms with Crippen LogP contribution in [0.5, 0.6) is 0 Å². The molecule has 5 nitrogen and oxygen atoms in total. The highest BCUT2D eigenvalue weighted by molar-refractivity contribution is 5.78. The van der Waals surface area contributed by atoms with Gasteiger partial charge in [0.2, 0.25) is 0 Å². The van der Waals surface area contributed by atoms with Gasteiger partial charge in [-0.3, -0.25) is 4.68 Å². The number of imidazole rings is 1. The summed E-state index contributed by atoms with van der Waals surface area (Å²) in [5.74, 6) is 0. The second-order valence-corrected chi connectivity index (χ2v) is 7.48. The molecule has 3 aromatic rings. The van der Waals surface area contributed by atoms with E-state index >= 15 is 0 Å². The molecule has 0 saturated heterocycles. The maximum absolute atomic E-state index is 5.59. The summed E-state index contributed by atoms with van der Waals surface area (Å²) in [5.41, 5.74) is 4.61. The summed E-state index contributed by atoms with van der Waals surface area (Å²) < 4.78 is 9.75. The van der Waals surface area contributed by atoms with Gasteiger partial charge in [0.25, 0.3) is 0 Å². The van der Waals surface area contributed by atoms with Gasteiger partial charge in [-0.25, -0.2) is 4.98 Å². The number of rotatable bonds is 6. The molecule has 1 saturated carbocycles. The number of aromatic nitrogens is 4. The van der Waals surface area contributed by atoms with Crippen LogP contribution in [0.25, 0.3) is 22.5 Å². The van der Waals surface area contributed by atoms with Gasteiger partial charge in [-0.05, 0) is 12.8 Å². The van der Waals surface area contributed by atoms with E-state index in [1.807, 2.05) is 37.4 Å². The largest absolute Gasteiger partial charge is 0.384 e.